The highest BCUT2D eigenvalue weighted by atomic mass is 16.5. The highest BCUT2D eigenvalue weighted by Crippen LogP contribution is 2.64. The molecule has 3 heterocycles. The van der Waals surface area contributed by atoms with Gasteiger partial charge in [0.15, 0.2) is 5.82 Å². The van der Waals surface area contributed by atoms with Crippen LogP contribution in [-0.2, 0) is 5.41 Å². The fourth-order valence-electron chi connectivity index (χ4n) is 8.03. The minimum Gasteiger partial charge on any atom is -0.457 e. The average molecular weight is 640 g/mol. The van der Waals surface area contributed by atoms with Crippen molar-refractivity contribution in [2.75, 3.05) is 0 Å². The van der Waals surface area contributed by atoms with Gasteiger partial charge in [-0.1, -0.05) is 133 Å². The van der Waals surface area contributed by atoms with Crippen LogP contribution in [0.2, 0.25) is 0 Å². The summed E-state index contributed by atoms with van der Waals surface area (Å²) in [6.07, 6.45) is 3.74. The average Bonchev–Trinajstić information content (AvgIpc) is 3.50. The molecule has 0 amide bonds. The van der Waals surface area contributed by atoms with Crippen LogP contribution in [0, 0.1) is 0 Å². The van der Waals surface area contributed by atoms with E-state index in [0.717, 1.165) is 67.4 Å². The lowest BCUT2D eigenvalue weighted by atomic mass is 9.66. The highest BCUT2D eigenvalue weighted by Gasteiger charge is 2.52. The molecule has 0 N–H and O–H groups in total. The summed E-state index contributed by atoms with van der Waals surface area (Å²) in [7, 11) is 0. The minimum atomic E-state index is -0.618. The Bertz CT molecular complexity index is 2460. The Labute approximate surface area is 290 Å². The van der Waals surface area contributed by atoms with E-state index in [4.69, 9.17) is 14.7 Å². The van der Waals surface area contributed by atoms with Gasteiger partial charge in [-0.2, -0.15) is 0 Å². The van der Waals surface area contributed by atoms with Gasteiger partial charge in [-0.15, -0.1) is 0 Å². The van der Waals surface area contributed by atoms with Crippen LogP contribution in [0.25, 0.3) is 56.2 Å². The standard InChI is InChI=1S/C46H29N3O/c1-3-13-31(14-4-1)39-29-40(49-45(48-39)32-15-5-2-6-16-32)34-18-12-22-38-44(34)43-33(30-25-27-47-28-26-30)17-11-21-37(43)46(38)35-19-7-9-23-41(35)50-42-24-10-8-20-36(42)46/h1-29H. The lowest BCUT2D eigenvalue weighted by Crippen LogP contribution is -2.32. The first-order valence-electron chi connectivity index (χ1n) is 16.9. The summed E-state index contributed by atoms with van der Waals surface area (Å²) in [4.78, 5) is 14.8. The minimum absolute atomic E-state index is 0.618. The van der Waals surface area contributed by atoms with Crippen LogP contribution >= 0.6 is 0 Å². The van der Waals surface area contributed by atoms with Gasteiger partial charge in [0.25, 0.3) is 0 Å². The van der Waals surface area contributed by atoms with Gasteiger partial charge in [-0.25, -0.2) is 9.97 Å². The summed E-state index contributed by atoms with van der Waals surface area (Å²) in [6.45, 7) is 0. The van der Waals surface area contributed by atoms with Crippen LogP contribution in [0.3, 0.4) is 0 Å². The molecule has 0 atom stereocenters. The van der Waals surface area contributed by atoms with Gasteiger partial charge in [-0.3, -0.25) is 4.98 Å². The second-order valence-corrected chi connectivity index (χ2v) is 12.7. The predicted molar refractivity (Wildman–Crippen MR) is 199 cm³/mol. The van der Waals surface area contributed by atoms with Gasteiger partial charge in [0.1, 0.15) is 11.5 Å². The number of hydrogen-bond acceptors (Lipinski definition) is 4. The monoisotopic (exact) mass is 639 g/mol. The second kappa shape index (κ2) is 11.2. The normalized spacial score (nSPS) is 13.1. The topological polar surface area (TPSA) is 47.9 Å². The maximum Gasteiger partial charge on any atom is 0.160 e. The van der Waals surface area contributed by atoms with Crippen molar-refractivity contribution in [3.8, 4) is 67.7 Å². The first-order chi connectivity index (χ1) is 24.8. The maximum atomic E-state index is 6.62. The number of benzene rings is 6. The van der Waals surface area contributed by atoms with E-state index >= 15 is 0 Å². The number of rotatable bonds is 4. The molecule has 4 nitrogen and oxygen atoms in total. The molecule has 0 bridgehead atoms. The fraction of sp³-hybridized carbons (Fsp3) is 0.0217. The number of para-hydroxylation sites is 2. The third kappa shape index (κ3) is 4.15. The van der Waals surface area contributed by atoms with Crippen LogP contribution in [0.4, 0.5) is 0 Å². The van der Waals surface area contributed by atoms with E-state index in [9.17, 15) is 0 Å². The van der Waals surface area contributed by atoms with Crippen molar-refractivity contribution >= 4 is 0 Å². The van der Waals surface area contributed by atoms with E-state index in [0.29, 0.717) is 5.82 Å². The van der Waals surface area contributed by atoms with E-state index in [-0.39, 0.29) is 0 Å². The number of aromatic nitrogens is 3. The molecular weight excluding hydrogens is 611 g/mol. The van der Waals surface area contributed by atoms with Crippen molar-refractivity contribution in [1.82, 2.24) is 15.0 Å². The molecule has 0 unspecified atom stereocenters. The molecule has 10 rings (SSSR count). The predicted octanol–water partition coefficient (Wildman–Crippen LogP) is 11.0. The lowest BCUT2D eigenvalue weighted by molar-refractivity contribution is 0.436. The zero-order chi connectivity index (χ0) is 33.1. The van der Waals surface area contributed by atoms with Gasteiger partial charge in [-0.05, 0) is 63.7 Å². The van der Waals surface area contributed by atoms with Crippen molar-refractivity contribution in [2.45, 2.75) is 5.41 Å². The molecule has 1 aliphatic heterocycles. The maximum absolute atomic E-state index is 6.62. The van der Waals surface area contributed by atoms with Crippen LogP contribution < -0.4 is 4.74 Å². The molecule has 50 heavy (non-hydrogen) atoms. The van der Waals surface area contributed by atoms with Crippen LogP contribution in [0.15, 0.2) is 176 Å². The number of fused-ring (bicyclic) bond motifs is 9. The highest BCUT2D eigenvalue weighted by molar-refractivity contribution is 6.02. The van der Waals surface area contributed by atoms with E-state index in [1.807, 2.05) is 36.7 Å². The largest absolute Gasteiger partial charge is 0.457 e. The summed E-state index contributed by atoms with van der Waals surface area (Å²) < 4.78 is 6.62. The Morgan fingerprint density at radius 1 is 0.400 bits per heavy atom. The summed E-state index contributed by atoms with van der Waals surface area (Å²) in [5.74, 6) is 2.42. The van der Waals surface area contributed by atoms with Gasteiger partial charge in [0.05, 0.1) is 16.8 Å². The van der Waals surface area contributed by atoms with Crippen molar-refractivity contribution in [1.29, 1.82) is 0 Å². The summed E-state index contributed by atoms with van der Waals surface area (Å²) >= 11 is 0. The van der Waals surface area contributed by atoms with E-state index in [1.54, 1.807) is 0 Å². The molecule has 0 radical (unpaired) electrons. The first-order valence-corrected chi connectivity index (χ1v) is 16.9. The number of nitrogens with zero attached hydrogens (tertiary/aromatic N) is 3. The van der Waals surface area contributed by atoms with Crippen molar-refractivity contribution in [3.05, 3.63) is 198 Å². The molecule has 2 aliphatic rings. The van der Waals surface area contributed by atoms with Crippen LogP contribution in [-0.4, -0.2) is 15.0 Å². The molecule has 6 aromatic carbocycles. The second-order valence-electron chi connectivity index (χ2n) is 12.7. The molecule has 0 fully saturated rings. The third-order valence-electron chi connectivity index (χ3n) is 10.1. The lowest BCUT2D eigenvalue weighted by Gasteiger charge is -2.39. The molecule has 4 heteroatoms. The summed E-state index contributed by atoms with van der Waals surface area (Å²) in [5.41, 5.74) is 13.5. The molecule has 234 valence electrons. The number of hydrogen-bond donors (Lipinski definition) is 0. The Kier molecular flexibility index (Phi) is 6.36. The van der Waals surface area contributed by atoms with E-state index < -0.39 is 5.41 Å². The molecule has 8 aromatic rings. The third-order valence-corrected chi connectivity index (χ3v) is 10.1. The van der Waals surface area contributed by atoms with Gasteiger partial charge in [0.2, 0.25) is 0 Å². The number of pyridine rings is 1. The quantitative estimate of drug-likeness (QED) is 0.192. The Balaban J connectivity index is 1.34. The van der Waals surface area contributed by atoms with Gasteiger partial charge in [0, 0.05) is 40.2 Å². The molecular formula is C46H29N3O. The van der Waals surface area contributed by atoms with E-state index in [2.05, 4.69) is 145 Å². The molecule has 0 saturated carbocycles. The SMILES string of the molecule is c1ccc(-c2cc(-c3cccc4c3-c3c(-c5ccncc5)cccc3C43c4ccccc4Oc4ccccc43)nc(-c3ccccc3)n2)cc1. The molecule has 0 saturated heterocycles. The zero-order valence-electron chi connectivity index (χ0n) is 27.0. The van der Waals surface area contributed by atoms with Gasteiger partial charge < -0.3 is 4.74 Å². The van der Waals surface area contributed by atoms with Crippen molar-refractivity contribution in [3.63, 3.8) is 0 Å². The van der Waals surface area contributed by atoms with Crippen molar-refractivity contribution in [2.24, 2.45) is 0 Å². The zero-order valence-corrected chi connectivity index (χ0v) is 27.0. The Hall–Kier alpha value is -6.65. The molecule has 1 aliphatic carbocycles. The van der Waals surface area contributed by atoms with Crippen molar-refractivity contribution < 1.29 is 4.74 Å². The Morgan fingerprint density at radius 3 is 1.58 bits per heavy atom. The smallest absolute Gasteiger partial charge is 0.160 e. The fourth-order valence-corrected chi connectivity index (χ4v) is 8.03. The summed E-state index contributed by atoms with van der Waals surface area (Å²) in [5, 5.41) is 0. The number of ether oxygens (including phenoxy) is 1. The summed E-state index contributed by atoms with van der Waals surface area (Å²) in [6, 6.07) is 57.3. The van der Waals surface area contributed by atoms with Gasteiger partial charge >= 0.3 is 0 Å². The Morgan fingerprint density at radius 2 is 0.920 bits per heavy atom. The first kappa shape index (κ1) is 28.4. The van der Waals surface area contributed by atoms with E-state index in [1.165, 1.54) is 16.7 Å². The molecule has 2 aromatic heterocycles. The molecule has 1 spiro atoms. The van der Waals surface area contributed by atoms with Crippen LogP contribution in [0.5, 0.6) is 11.5 Å². The van der Waals surface area contributed by atoms with Crippen LogP contribution in [0.1, 0.15) is 22.3 Å².